The average Bonchev–Trinajstić information content (AvgIpc) is 2.84. The summed E-state index contributed by atoms with van der Waals surface area (Å²) in [5.74, 6) is 7.92. The Hall–Kier alpha value is -2.28. The second-order valence-corrected chi connectivity index (χ2v) is 8.67. The molecular weight excluding hydrogens is 396 g/mol. The molecule has 2 aromatic rings. The molecule has 3 nitrogen and oxygen atoms in total. The van der Waals surface area contributed by atoms with Gasteiger partial charge in [-0.25, -0.2) is 0 Å². The smallest absolute Gasteiger partial charge is 0.183 e. The lowest BCUT2D eigenvalue weighted by molar-refractivity contribution is -0.206. The van der Waals surface area contributed by atoms with Crippen molar-refractivity contribution in [1.29, 1.82) is 0 Å². The van der Waals surface area contributed by atoms with E-state index in [1.165, 1.54) is 44.9 Å². The van der Waals surface area contributed by atoms with Gasteiger partial charge in [0.15, 0.2) is 6.29 Å². The maximum absolute atomic E-state index is 5.96. The highest BCUT2D eigenvalue weighted by atomic mass is 16.7. The highest BCUT2D eigenvalue weighted by Gasteiger charge is 2.23. The van der Waals surface area contributed by atoms with Gasteiger partial charge in [-0.15, -0.1) is 0 Å². The summed E-state index contributed by atoms with van der Waals surface area (Å²) in [6.07, 6.45) is 9.62. The highest BCUT2D eigenvalue weighted by Crippen LogP contribution is 2.27. The van der Waals surface area contributed by atoms with Crippen LogP contribution in [-0.2, 0) is 9.47 Å². The summed E-state index contributed by atoms with van der Waals surface area (Å²) in [4.78, 5) is 0. The van der Waals surface area contributed by atoms with Gasteiger partial charge in [-0.1, -0.05) is 76.3 Å². The number of hydrogen-bond acceptors (Lipinski definition) is 3. The van der Waals surface area contributed by atoms with Gasteiger partial charge in [0.25, 0.3) is 0 Å². The molecule has 0 bridgehead atoms. The van der Waals surface area contributed by atoms with Gasteiger partial charge in [-0.05, 0) is 49.2 Å². The van der Waals surface area contributed by atoms with Crippen molar-refractivity contribution in [2.75, 3.05) is 19.8 Å². The van der Waals surface area contributed by atoms with Crippen molar-refractivity contribution in [3.63, 3.8) is 0 Å². The summed E-state index contributed by atoms with van der Waals surface area (Å²) in [6.45, 7) is 6.81. The van der Waals surface area contributed by atoms with Crippen LogP contribution in [0.25, 0.3) is 0 Å². The first-order chi connectivity index (χ1) is 15.8. The molecule has 172 valence electrons. The van der Waals surface area contributed by atoms with Crippen molar-refractivity contribution in [3.8, 4) is 17.6 Å². The quantitative estimate of drug-likeness (QED) is 0.274. The molecular formula is C29H38O3. The van der Waals surface area contributed by atoms with E-state index in [0.717, 1.165) is 48.7 Å². The second-order valence-electron chi connectivity index (χ2n) is 8.67. The maximum Gasteiger partial charge on any atom is 0.183 e. The Morgan fingerprint density at radius 1 is 0.750 bits per heavy atom. The summed E-state index contributed by atoms with van der Waals surface area (Å²) in [5, 5.41) is 0. The van der Waals surface area contributed by atoms with Crippen molar-refractivity contribution in [2.45, 2.75) is 71.5 Å². The minimum atomic E-state index is -0.256. The molecule has 0 unspecified atom stereocenters. The monoisotopic (exact) mass is 434 g/mol. The van der Waals surface area contributed by atoms with Crippen LogP contribution in [0.2, 0.25) is 0 Å². The molecule has 1 aliphatic rings. The Kier molecular flexibility index (Phi) is 10.7. The van der Waals surface area contributed by atoms with E-state index in [9.17, 15) is 0 Å². The molecule has 32 heavy (non-hydrogen) atoms. The molecule has 1 fully saturated rings. The van der Waals surface area contributed by atoms with Crippen molar-refractivity contribution in [2.24, 2.45) is 5.92 Å². The molecule has 1 aliphatic heterocycles. The predicted octanol–water partition coefficient (Wildman–Crippen LogP) is 7.29. The predicted molar refractivity (Wildman–Crippen MR) is 131 cm³/mol. The first-order valence-corrected chi connectivity index (χ1v) is 12.4. The van der Waals surface area contributed by atoms with E-state index in [-0.39, 0.29) is 6.29 Å². The zero-order valence-electron chi connectivity index (χ0n) is 19.8. The lowest BCUT2D eigenvalue weighted by Gasteiger charge is -2.29. The van der Waals surface area contributed by atoms with Crippen LogP contribution in [-0.4, -0.2) is 19.8 Å². The molecule has 0 aliphatic carbocycles. The fourth-order valence-electron chi connectivity index (χ4n) is 3.81. The average molecular weight is 435 g/mol. The van der Waals surface area contributed by atoms with Gasteiger partial charge in [0.05, 0.1) is 19.8 Å². The summed E-state index contributed by atoms with van der Waals surface area (Å²) in [5.41, 5.74) is 3.03. The Morgan fingerprint density at radius 3 is 1.97 bits per heavy atom. The molecule has 1 heterocycles. The molecule has 0 N–H and O–H groups in total. The summed E-state index contributed by atoms with van der Waals surface area (Å²) in [6, 6.07) is 16.2. The van der Waals surface area contributed by atoms with Crippen LogP contribution in [0.3, 0.4) is 0 Å². The van der Waals surface area contributed by atoms with Gasteiger partial charge >= 0.3 is 0 Å². The molecule has 0 atom stereocenters. The molecule has 0 saturated carbocycles. The van der Waals surface area contributed by atoms with Gasteiger partial charge in [-0.3, -0.25) is 0 Å². The topological polar surface area (TPSA) is 27.7 Å². The van der Waals surface area contributed by atoms with E-state index >= 15 is 0 Å². The molecule has 0 amide bonds. The van der Waals surface area contributed by atoms with E-state index in [4.69, 9.17) is 14.2 Å². The van der Waals surface area contributed by atoms with Gasteiger partial charge in [0.2, 0.25) is 0 Å². The Labute approximate surface area is 194 Å². The van der Waals surface area contributed by atoms with E-state index in [1.54, 1.807) is 0 Å². The first kappa shape index (κ1) is 24.4. The number of unbranched alkanes of at least 4 members (excludes halogenated alkanes) is 5. The number of benzene rings is 2. The zero-order chi connectivity index (χ0) is 22.4. The lowest BCUT2D eigenvalue weighted by Crippen LogP contribution is -2.27. The normalized spacial score (nSPS) is 18.1. The molecule has 2 aromatic carbocycles. The number of ether oxygens (including phenoxy) is 3. The van der Waals surface area contributed by atoms with Crippen molar-refractivity contribution >= 4 is 0 Å². The van der Waals surface area contributed by atoms with Crippen LogP contribution >= 0.6 is 0 Å². The van der Waals surface area contributed by atoms with Crippen molar-refractivity contribution < 1.29 is 14.2 Å². The minimum absolute atomic E-state index is 0.256. The van der Waals surface area contributed by atoms with Crippen LogP contribution in [0.1, 0.15) is 88.2 Å². The van der Waals surface area contributed by atoms with E-state index in [1.807, 2.05) is 36.4 Å². The summed E-state index contributed by atoms with van der Waals surface area (Å²) >= 11 is 0. The Bertz CT molecular complexity index is 821. The molecule has 3 rings (SSSR count). The van der Waals surface area contributed by atoms with Crippen LogP contribution in [0.15, 0.2) is 48.5 Å². The third-order valence-corrected chi connectivity index (χ3v) is 5.84. The van der Waals surface area contributed by atoms with Crippen LogP contribution in [0.4, 0.5) is 0 Å². The minimum Gasteiger partial charge on any atom is -0.494 e. The maximum atomic E-state index is 5.96. The van der Waals surface area contributed by atoms with Gasteiger partial charge in [0.1, 0.15) is 5.75 Å². The summed E-state index contributed by atoms with van der Waals surface area (Å²) < 4.78 is 17.7. The van der Waals surface area contributed by atoms with E-state index in [0.29, 0.717) is 5.92 Å². The Balaban J connectivity index is 1.44. The standard InChI is InChI=1S/C29H38O3/c1-3-5-7-9-21-30-28-19-15-25(16-20-28)12-11-24-13-17-27(18-14-24)29-31-22-26(23-32-29)10-8-6-4-2/h13-20,26,29H,3-10,21-23H2,1-2H3. The highest BCUT2D eigenvalue weighted by molar-refractivity contribution is 5.44. The lowest BCUT2D eigenvalue weighted by atomic mass is 10.0. The molecule has 0 spiro atoms. The SMILES string of the molecule is CCCCCCOc1ccc(C#Cc2ccc(C3OCC(CCCCC)CO3)cc2)cc1. The number of hydrogen-bond donors (Lipinski definition) is 0. The molecule has 0 radical (unpaired) electrons. The third-order valence-electron chi connectivity index (χ3n) is 5.84. The van der Waals surface area contributed by atoms with Crippen LogP contribution in [0.5, 0.6) is 5.75 Å². The largest absolute Gasteiger partial charge is 0.494 e. The van der Waals surface area contributed by atoms with Crippen molar-refractivity contribution in [3.05, 3.63) is 65.2 Å². The third kappa shape index (κ3) is 8.34. The number of rotatable bonds is 11. The second kappa shape index (κ2) is 14.0. The fraction of sp³-hybridized carbons (Fsp3) is 0.517. The molecule has 0 aromatic heterocycles. The van der Waals surface area contributed by atoms with Crippen LogP contribution < -0.4 is 4.74 Å². The van der Waals surface area contributed by atoms with Gasteiger partial charge < -0.3 is 14.2 Å². The summed E-state index contributed by atoms with van der Waals surface area (Å²) in [7, 11) is 0. The molecule has 3 heteroatoms. The van der Waals surface area contributed by atoms with Gasteiger partial charge in [-0.2, -0.15) is 0 Å². The Morgan fingerprint density at radius 2 is 1.34 bits per heavy atom. The van der Waals surface area contributed by atoms with E-state index < -0.39 is 0 Å². The van der Waals surface area contributed by atoms with E-state index in [2.05, 4.69) is 37.8 Å². The van der Waals surface area contributed by atoms with Gasteiger partial charge in [0, 0.05) is 22.6 Å². The van der Waals surface area contributed by atoms with Crippen LogP contribution in [0, 0.1) is 17.8 Å². The van der Waals surface area contributed by atoms with Crippen molar-refractivity contribution in [1.82, 2.24) is 0 Å². The molecule has 1 saturated heterocycles. The first-order valence-electron chi connectivity index (χ1n) is 12.4. The zero-order valence-corrected chi connectivity index (χ0v) is 19.8. The fourth-order valence-corrected chi connectivity index (χ4v) is 3.81.